The summed E-state index contributed by atoms with van der Waals surface area (Å²) < 4.78 is 5.59. The summed E-state index contributed by atoms with van der Waals surface area (Å²) >= 11 is 0. The van der Waals surface area contributed by atoms with E-state index in [2.05, 4.69) is 45.0 Å². The minimum Gasteiger partial charge on any atom is -0.494 e. The number of ether oxygens (including phenoxy) is 1. The summed E-state index contributed by atoms with van der Waals surface area (Å²) in [7, 11) is 0. The smallest absolute Gasteiger partial charge is 0.119 e. The van der Waals surface area contributed by atoms with Gasteiger partial charge in [-0.2, -0.15) is 0 Å². The molecule has 2 unspecified atom stereocenters. The number of aliphatic hydroxyl groups excluding tert-OH is 1. The molecule has 0 saturated heterocycles. The molecule has 0 aliphatic heterocycles. The molecule has 34 heavy (non-hydrogen) atoms. The highest BCUT2D eigenvalue weighted by atomic mass is 16.5. The Morgan fingerprint density at radius 2 is 1.65 bits per heavy atom. The standard InChI is InChI=1S/C31H48O3/c1-5-34-24-9-6-21(7-10-24)14-19-31(4,33)28-13-12-26-25-11-8-22-20-23(32)15-17-29(22,2)27(25)16-18-30(26,28)3/h6-7,9-10,22-23,25-28,32-33H,5,8,11-20H2,1-4H3/t22?,23-,25-,26-,27-,28-,29-,30-,31?/m0/s1. The summed E-state index contributed by atoms with van der Waals surface area (Å²) in [5.74, 6) is 4.45. The molecule has 3 heteroatoms. The van der Waals surface area contributed by atoms with Gasteiger partial charge in [-0.3, -0.25) is 0 Å². The highest BCUT2D eigenvalue weighted by Gasteiger charge is 2.62. The molecule has 4 aliphatic rings. The molecule has 0 heterocycles. The summed E-state index contributed by atoms with van der Waals surface area (Å²) in [4.78, 5) is 0. The third-order valence-electron chi connectivity index (χ3n) is 11.5. The van der Waals surface area contributed by atoms with Gasteiger partial charge in [0.1, 0.15) is 5.75 Å². The van der Waals surface area contributed by atoms with E-state index in [1.165, 1.54) is 50.5 Å². The zero-order valence-corrected chi connectivity index (χ0v) is 22.1. The van der Waals surface area contributed by atoms with Crippen molar-refractivity contribution in [1.29, 1.82) is 0 Å². The Balaban J connectivity index is 1.28. The predicted molar refractivity (Wildman–Crippen MR) is 138 cm³/mol. The van der Waals surface area contributed by atoms with E-state index in [4.69, 9.17) is 4.74 Å². The molecular formula is C31H48O3. The van der Waals surface area contributed by atoms with Gasteiger partial charge in [0, 0.05) is 0 Å². The van der Waals surface area contributed by atoms with Crippen molar-refractivity contribution in [2.24, 2.45) is 40.4 Å². The van der Waals surface area contributed by atoms with E-state index in [9.17, 15) is 10.2 Å². The molecule has 4 aliphatic carbocycles. The lowest BCUT2D eigenvalue weighted by Gasteiger charge is -2.61. The molecule has 1 aromatic carbocycles. The van der Waals surface area contributed by atoms with Crippen LogP contribution in [0.15, 0.2) is 24.3 Å². The Hall–Kier alpha value is -1.06. The van der Waals surface area contributed by atoms with Crippen LogP contribution in [0.25, 0.3) is 0 Å². The topological polar surface area (TPSA) is 49.7 Å². The summed E-state index contributed by atoms with van der Waals surface area (Å²) in [6.45, 7) is 9.95. The van der Waals surface area contributed by atoms with Gasteiger partial charge in [-0.1, -0.05) is 26.0 Å². The van der Waals surface area contributed by atoms with Crippen LogP contribution < -0.4 is 4.74 Å². The summed E-state index contributed by atoms with van der Waals surface area (Å²) in [6.07, 6.45) is 12.7. The van der Waals surface area contributed by atoms with E-state index < -0.39 is 5.60 Å². The van der Waals surface area contributed by atoms with Gasteiger partial charge in [0.05, 0.1) is 18.3 Å². The van der Waals surface area contributed by atoms with Crippen LogP contribution in [0.3, 0.4) is 0 Å². The first kappa shape index (κ1) is 24.6. The van der Waals surface area contributed by atoms with Gasteiger partial charge in [0.25, 0.3) is 0 Å². The first-order chi connectivity index (χ1) is 16.2. The van der Waals surface area contributed by atoms with Gasteiger partial charge in [-0.05, 0) is 143 Å². The van der Waals surface area contributed by atoms with Crippen LogP contribution in [-0.4, -0.2) is 28.5 Å². The monoisotopic (exact) mass is 468 g/mol. The van der Waals surface area contributed by atoms with Crippen LogP contribution in [0, 0.1) is 40.4 Å². The minimum absolute atomic E-state index is 0.0650. The van der Waals surface area contributed by atoms with E-state index >= 15 is 0 Å². The largest absolute Gasteiger partial charge is 0.494 e. The average molecular weight is 469 g/mol. The highest BCUT2D eigenvalue weighted by Crippen LogP contribution is 2.68. The van der Waals surface area contributed by atoms with Gasteiger partial charge < -0.3 is 14.9 Å². The second kappa shape index (κ2) is 9.11. The van der Waals surface area contributed by atoms with Crippen molar-refractivity contribution in [3.8, 4) is 5.75 Å². The fourth-order valence-corrected chi connectivity index (χ4v) is 9.75. The van der Waals surface area contributed by atoms with Crippen molar-refractivity contribution in [2.75, 3.05) is 6.61 Å². The van der Waals surface area contributed by atoms with Crippen LogP contribution in [0.4, 0.5) is 0 Å². The second-order valence-electron chi connectivity index (χ2n) is 13.2. The van der Waals surface area contributed by atoms with Gasteiger partial charge >= 0.3 is 0 Å². The molecule has 4 saturated carbocycles. The van der Waals surface area contributed by atoms with E-state index in [0.29, 0.717) is 17.9 Å². The molecule has 0 radical (unpaired) electrons. The van der Waals surface area contributed by atoms with Gasteiger partial charge in [0.2, 0.25) is 0 Å². The van der Waals surface area contributed by atoms with Crippen molar-refractivity contribution in [1.82, 2.24) is 0 Å². The number of benzene rings is 1. The Morgan fingerprint density at radius 1 is 0.941 bits per heavy atom. The molecule has 3 nitrogen and oxygen atoms in total. The zero-order valence-electron chi connectivity index (χ0n) is 22.1. The lowest BCUT2D eigenvalue weighted by molar-refractivity contribution is -0.144. The maximum atomic E-state index is 11.8. The Bertz CT molecular complexity index is 847. The van der Waals surface area contributed by atoms with Crippen molar-refractivity contribution in [3.05, 3.63) is 29.8 Å². The predicted octanol–water partition coefficient (Wildman–Crippen LogP) is 6.79. The number of hydrogen-bond acceptors (Lipinski definition) is 3. The quantitative estimate of drug-likeness (QED) is 0.483. The van der Waals surface area contributed by atoms with E-state index in [1.807, 2.05) is 6.92 Å². The van der Waals surface area contributed by atoms with Crippen LogP contribution in [0.1, 0.15) is 97.5 Å². The van der Waals surface area contributed by atoms with Crippen LogP contribution in [-0.2, 0) is 6.42 Å². The first-order valence-corrected chi connectivity index (χ1v) is 14.3. The van der Waals surface area contributed by atoms with Crippen molar-refractivity contribution < 1.29 is 14.9 Å². The first-order valence-electron chi connectivity index (χ1n) is 14.3. The Morgan fingerprint density at radius 3 is 2.38 bits per heavy atom. The molecule has 190 valence electrons. The fourth-order valence-electron chi connectivity index (χ4n) is 9.75. The summed E-state index contributed by atoms with van der Waals surface area (Å²) in [6, 6.07) is 8.43. The number of aliphatic hydroxyl groups is 2. The number of fused-ring (bicyclic) bond motifs is 5. The third-order valence-corrected chi connectivity index (χ3v) is 11.5. The number of hydrogen-bond donors (Lipinski definition) is 2. The molecular weight excluding hydrogens is 420 g/mol. The van der Waals surface area contributed by atoms with E-state index in [0.717, 1.165) is 55.1 Å². The van der Waals surface area contributed by atoms with E-state index in [1.54, 1.807) is 0 Å². The SMILES string of the molecule is CCOc1ccc(CCC(C)(O)[C@H]2CC[C@H]3[C@@H]4CCC5C[C@@H](O)CC[C@]5(C)[C@H]4CC[C@]23C)cc1. The fraction of sp³-hybridized carbons (Fsp3) is 0.806. The molecule has 9 atom stereocenters. The number of aryl methyl sites for hydroxylation is 1. The van der Waals surface area contributed by atoms with Crippen molar-refractivity contribution in [3.63, 3.8) is 0 Å². The molecule has 2 N–H and O–H groups in total. The Labute approximate surface area is 207 Å². The lowest BCUT2D eigenvalue weighted by atomic mass is 9.44. The third kappa shape index (κ3) is 4.13. The molecule has 0 amide bonds. The summed E-state index contributed by atoms with van der Waals surface area (Å²) in [5, 5.41) is 22.1. The van der Waals surface area contributed by atoms with Gasteiger partial charge in [-0.25, -0.2) is 0 Å². The number of rotatable bonds is 6. The summed E-state index contributed by atoms with van der Waals surface area (Å²) in [5.41, 5.74) is 1.36. The molecule has 4 fully saturated rings. The van der Waals surface area contributed by atoms with Crippen LogP contribution in [0.5, 0.6) is 5.75 Å². The molecule has 1 aromatic rings. The second-order valence-corrected chi connectivity index (χ2v) is 13.2. The van der Waals surface area contributed by atoms with Gasteiger partial charge in [-0.15, -0.1) is 0 Å². The molecule has 0 bridgehead atoms. The molecule has 0 spiro atoms. The van der Waals surface area contributed by atoms with Gasteiger partial charge in [0.15, 0.2) is 0 Å². The Kier molecular flexibility index (Phi) is 6.60. The van der Waals surface area contributed by atoms with Crippen LogP contribution in [0.2, 0.25) is 0 Å². The molecule has 5 rings (SSSR count). The minimum atomic E-state index is -0.620. The highest BCUT2D eigenvalue weighted by molar-refractivity contribution is 5.27. The van der Waals surface area contributed by atoms with Crippen LogP contribution >= 0.6 is 0 Å². The average Bonchev–Trinajstić information content (AvgIpc) is 3.17. The lowest BCUT2D eigenvalue weighted by Crippen LogP contribution is -2.55. The maximum absolute atomic E-state index is 11.8. The molecule has 0 aromatic heterocycles. The normalized spacial score (nSPS) is 43.4. The maximum Gasteiger partial charge on any atom is 0.119 e. The van der Waals surface area contributed by atoms with Crippen molar-refractivity contribution in [2.45, 2.75) is 110 Å². The zero-order chi connectivity index (χ0) is 24.1. The van der Waals surface area contributed by atoms with Crippen molar-refractivity contribution >= 4 is 0 Å². The van der Waals surface area contributed by atoms with E-state index in [-0.39, 0.29) is 11.5 Å².